The molecule has 0 atom stereocenters. The lowest BCUT2D eigenvalue weighted by atomic mass is 9.91. The molecule has 0 aliphatic heterocycles. The zero-order valence-electron chi connectivity index (χ0n) is 23.8. The van der Waals surface area contributed by atoms with Crippen LogP contribution in [0, 0.1) is 25.5 Å². The summed E-state index contributed by atoms with van der Waals surface area (Å²) in [5.74, 6) is -1.91. The summed E-state index contributed by atoms with van der Waals surface area (Å²) in [5.41, 5.74) is 3.21. The largest absolute Gasteiger partial charge is 0.351 e. The molecule has 1 saturated carbocycles. The van der Waals surface area contributed by atoms with Gasteiger partial charge in [0.1, 0.15) is 17.2 Å². The minimum Gasteiger partial charge on any atom is -0.351 e. The Balaban J connectivity index is 1.34. The molecule has 1 aliphatic carbocycles. The van der Waals surface area contributed by atoms with Crippen molar-refractivity contribution in [2.24, 2.45) is 0 Å². The number of anilines is 1. The Morgan fingerprint density at radius 1 is 0.902 bits per heavy atom. The number of halogens is 2. The van der Waals surface area contributed by atoms with Gasteiger partial charge in [0.2, 0.25) is 5.95 Å². The van der Waals surface area contributed by atoms with Gasteiger partial charge in [-0.3, -0.25) is 0 Å². The third kappa shape index (κ3) is 6.87. The lowest BCUT2D eigenvalue weighted by Gasteiger charge is -2.32. The SMILES string of the molecule is Cc1ccc(CS(=O)(=O)Cc2cc(F)c(-c3cc(C)c4nc(NC5CCC(N(C)C)CC5)ncc4n3)c(F)c2)cc1. The van der Waals surface area contributed by atoms with Gasteiger partial charge in [0, 0.05) is 12.1 Å². The summed E-state index contributed by atoms with van der Waals surface area (Å²) >= 11 is 0. The lowest BCUT2D eigenvalue weighted by Crippen LogP contribution is -2.36. The maximum Gasteiger partial charge on any atom is 0.223 e. The Labute approximate surface area is 240 Å². The van der Waals surface area contributed by atoms with Gasteiger partial charge in [-0.1, -0.05) is 29.8 Å². The van der Waals surface area contributed by atoms with Gasteiger partial charge in [-0.15, -0.1) is 0 Å². The predicted octanol–water partition coefficient (Wildman–Crippen LogP) is 5.99. The average Bonchev–Trinajstić information content (AvgIpc) is 2.90. The lowest BCUT2D eigenvalue weighted by molar-refractivity contribution is 0.221. The Morgan fingerprint density at radius 3 is 2.17 bits per heavy atom. The van der Waals surface area contributed by atoms with Crippen LogP contribution in [0.5, 0.6) is 0 Å². The first kappa shape index (κ1) is 29.0. The summed E-state index contributed by atoms with van der Waals surface area (Å²) in [6.07, 6.45) is 5.84. The zero-order valence-corrected chi connectivity index (χ0v) is 24.6. The van der Waals surface area contributed by atoms with Crippen molar-refractivity contribution in [2.45, 2.75) is 63.1 Å². The second-order valence-corrected chi connectivity index (χ2v) is 13.4. The van der Waals surface area contributed by atoms with E-state index in [1.54, 1.807) is 24.4 Å². The Morgan fingerprint density at radius 2 is 1.54 bits per heavy atom. The molecular formula is C31H35F2N5O2S. The molecule has 5 rings (SSSR count). The standard InChI is InChI=1S/C31H35F2N5O2S/c1-19-5-7-21(8-6-19)17-41(39,40)18-22-14-25(32)29(26(33)15-22)27-13-20(2)30-28(36-27)16-34-31(37-30)35-23-9-11-24(12-10-23)38(3)4/h5-8,13-16,23-24H,9-12,17-18H2,1-4H3,(H,34,35,37). The van der Waals surface area contributed by atoms with Crippen LogP contribution in [0.25, 0.3) is 22.3 Å². The van der Waals surface area contributed by atoms with Crippen molar-refractivity contribution in [1.82, 2.24) is 19.9 Å². The molecular weight excluding hydrogens is 544 g/mol. The van der Waals surface area contributed by atoms with E-state index in [1.165, 1.54) is 0 Å². The smallest absolute Gasteiger partial charge is 0.223 e. The van der Waals surface area contributed by atoms with E-state index in [1.807, 2.05) is 26.0 Å². The normalized spacial score (nSPS) is 17.7. The molecule has 1 N–H and O–H groups in total. The van der Waals surface area contributed by atoms with Gasteiger partial charge in [0.15, 0.2) is 9.84 Å². The van der Waals surface area contributed by atoms with Gasteiger partial charge in [-0.2, -0.15) is 0 Å². The first-order valence-electron chi connectivity index (χ1n) is 13.8. The molecule has 4 aromatic rings. The van der Waals surface area contributed by atoms with Crippen LogP contribution in [-0.4, -0.2) is 54.4 Å². The van der Waals surface area contributed by atoms with Crippen molar-refractivity contribution < 1.29 is 17.2 Å². The highest BCUT2D eigenvalue weighted by Gasteiger charge is 2.24. The minimum absolute atomic E-state index is 0.0482. The van der Waals surface area contributed by atoms with Crippen LogP contribution < -0.4 is 5.32 Å². The second kappa shape index (κ2) is 11.8. The molecule has 0 unspecified atom stereocenters. The van der Waals surface area contributed by atoms with Gasteiger partial charge < -0.3 is 10.2 Å². The first-order chi connectivity index (χ1) is 19.5. The number of pyridine rings is 1. The third-order valence-electron chi connectivity index (χ3n) is 7.75. The van der Waals surface area contributed by atoms with E-state index in [9.17, 15) is 8.42 Å². The van der Waals surface area contributed by atoms with Crippen molar-refractivity contribution in [3.8, 4) is 11.3 Å². The number of nitrogens with one attached hydrogen (secondary N) is 1. The molecule has 0 bridgehead atoms. The Hall–Kier alpha value is -3.50. The maximum absolute atomic E-state index is 15.3. The number of nitrogens with zero attached hydrogens (tertiary/aromatic N) is 4. The van der Waals surface area contributed by atoms with Crippen LogP contribution in [0.4, 0.5) is 14.7 Å². The number of rotatable bonds is 8. The molecule has 0 spiro atoms. The number of aryl methyl sites for hydroxylation is 2. The fraction of sp³-hybridized carbons (Fsp3) is 0.387. The Kier molecular flexibility index (Phi) is 8.33. The fourth-order valence-electron chi connectivity index (χ4n) is 5.50. The molecule has 0 radical (unpaired) electrons. The zero-order chi connectivity index (χ0) is 29.3. The molecule has 2 aromatic heterocycles. The van der Waals surface area contributed by atoms with Crippen LogP contribution in [0.3, 0.4) is 0 Å². The van der Waals surface area contributed by atoms with E-state index in [4.69, 9.17) is 0 Å². The van der Waals surface area contributed by atoms with Crippen LogP contribution >= 0.6 is 0 Å². The summed E-state index contributed by atoms with van der Waals surface area (Å²) in [4.78, 5) is 15.8. The van der Waals surface area contributed by atoms with E-state index in [0.717, 1.165) is 43.4 Å². The molecule has 10 heteroatoms. The van der Waals surface area contributed by atoms with Gasteiger partial charge in [0.05, 0.1) is 34.5 Å². The van der Waals surface area contributed by atoms with E-state index in [-0.39, 0.29) is 22.6 Å². The van der Waals surface area contributed by atoms with E-state index in [2.05, 4.69) is 39.3 Å². The monoisotopic (exact) mass is 579 g/mol. The summed E-state index contributed by atoms with van der Waals surface area (Å²) in [6, 6.07) is 11.8. The van der Waals surface area contributed by atoms with Gasteiger partial charge in [-0.05, 0) is 88.5 Å². The number of benzene rings is 2. The van der Waals surface area contributed by atoms with Crippen molar-refractivity contribution >= 4 is 26.8 Å². The number of aromatic nitrogens is 3. The summed E-state index contributed by atoms with van der Waals surface area (Å²) in [7, 11) is 0.578. The van der Waals surface area contributed by atoms with Crippen LogP contribution in [0.2, 0.25) is 0 Å². The second-order valence-electron chi connectivity index (χ2n) is 11.3. The van der Waals surface area contributed by atoms with E-state index < -0.39 is 27.2 Å². The van der Waals surface area contributed by atoms with Gasteiger partial charge >= 0.3 is 0 Å². The molecule has 216 valence electrons. The molecule has 1 aliphatic rings. The molecule has 2 aromatic carbocycles. The quantitative estimate of drug-likeness (QED) is 0.275. The summed E-state index contributed by atoms with van der Waals surface area (Å²) < 4.78 is 56.0. The highest BCUT2D eigenvalue weighted by molar-refractivity contribution is 7.89. The maximum atomic E-state index is 15.3. The van der Waals surface area contributed by atoms with Crippen LogP contribution in [0.15, 0.2) is 48.7 Å². The van der Waals surface area contributed by atoms with Gasteiger partial charge in [0.25, 0.3) is 0 Å². The van der Waals surface area contributed by atoms with Crippen LogP contribution in [0.1, 0.15) is 47.9 Å². The number of hydrogen-bond donors (Lipinski definition) is 1. The van der Waals surface area contributed by atoms with Crippen molar-refractivity contribution in [2.75, 3.05) is 19.4 Å². The highest BCUT2D eigenvalue weighted by atomic mass is 32.2. The van der Waals surface area contributed by atoms with Crippen molar-refractivity contribution in [1.29, 1.82) is 0 Å². The molecule has 0 amide bonds. The molecule has 41 heavy (non-hydrogen) atoms. The van der Waals surface area contributed by atoms with Crippen molar-refractivity contribution in [3.05, 3.63) is 82.5 Å². The minimum atomic E-state index is -3.64. The number of sulfone groups is 1. The molecule has 1 fully saturated rings. The fourth-order valence-corrected chi connectivity index (χ4v) is 6.97. The first-order valence-corrected chi connectivity index (χ1v) is 15.6. The highest BCUT2D eigenvalue weighted by Crippen LogP contribution is 2.30. The van der Waals surface area contributed by atoms with E-state index in [0.29, 0.717) is 40.2 Å². The van der Waals surface area contributed by atoms with Crippen molar-refractivity contribution in [3.63, 3.8) is 0 Å². The third-order valence-corrected chi connectivity index (χ3v) is 9.30. The summed E-state index contributed by atoms with van der Waals surface area (Å²) in [5, 5.41) is 3.43. The van der Waals surface area contributed by atoms with E-state index >= 15 is 8.78 Å². The molecule has 2 heterocycles. The average molecular weight is 580 g/mol. The Bertz CT molecular complexity index is 1650. The number of hydrogen-bond acceptors (Lipinski definition) is 7. The topological polar surface area (TPSA) is 88.1 Å². The molecule has 0 saturated heterocycles. The predicted molar refractivity (Wildman–Crippen MR) is 158 cm³/mol. The molecule has 7 nitrogen and oxygen atoms in total. The summed E-state index contributed by atoms with van der Waals surface area (Å²) in [6.45, 7) is 3.73. The van der Waals surface area contributed by atoms with Crippen LogP contribution in [-0.2, 0) is 21.3 Å². The van der Waals surface area contributed by atoms with Gasteiger partial charge in [-0.25, -0.2) is 32.2 Å². The number of fused-ring (bicyclic) bond motifs is 1.